The van der Waals surface area contributed by atoms with Crippen LogP contribution >= 0.6 is 0 Å². The molecule has 0 fully saturated rings. The van der Waals surface area contributed by atoms with E-state index in [0.717, 1.165) is 29.7 Å². The van der Waals surface area contributed by atoms with Crippen molar-refractivity contribution in [2.24, 2.45) is 0 Å². The number of aromatic nitrogens is 3. The van der Waals surface area contributed by atoms with Gasteiger partial charge in [0, 0.05) is 43.3 Å². The second kappa shape index (κ2) is 7.95. The Bertz CT molecular complexity index is 872. The zero-order valence-corrected chi connectivity index (χ0v) is 15.5. The van der Waals surface area contributed by atoms with Gasteiger partial charge in [0.2, 0.25) is 0 Å². The van der Waals surface area contributed by atoms with Gasteiger partial charge in [-0.2, -0.15) is 5.10 Å². The average molecular weight is 348 g/mol. The zero-order chi connectivity index (χ0) is 18.5. The summed E-state index contributed by atoms with van der Waals surface area (Å²) >= 11 is 0. The summed E-state index contributed by atoms with van der Waals surface area (Å²) in [5, 5.41) is 4.32. The SMILES string of the molecule is CCC(c1cccnc1)N(C)C(=O)c1cccc(-c2cnn(CC)c2)c1. The van der Waals surface area contributed by atoms with Crippen molar-refractivity contribution < 1.29 is 4.79 Å². The number of hydrogen-bond acceptors (Lipinski definition) is 3. The molecule has 0 aliphatic carbocycles. The standard InChI is InChI=1S/C21H24N4O/c1-4-20(18-10-7-11-22-13-18)24(3)21(26)17-9-6-8-16(12-17)19-14-23-25(5-2)15-19/h6-15,20H,4-5H2,1-3H3. The van der Waals surface area contributed by atoms with Gasteiger partial charge in [-0.1, -0.05) is 25.1 Å². The molecule has 3 rings (SSSR count). The maximum atomic E-state index is 13.0. The Morgan fingerprint density at radius 2 is 2.00 bits per heavy atom. The van der Waals surface area contributed by atoms with Gasteiger partial charge < -0.3 is 4.90 Å². The van der Waals surface area contributed by atoms with E-state index in [1.165, 1.54) is 0 Å². The summed E-state index contributed by atoms with van der Waals surface area (Å²) in [6.07, 6.45) is 8.24. The minimum atomic E-state index is 0.00250. The van der Waals surface area contributed by atoms with E-state index in [0.29, 0.717) is 5.56 Å². The molecule has 1 atom stereocenters. The first kappa shape index (κ1) is 17.9. The van der Waals surface area contributed by atoms with Crippen LogP contribution in [0.5, 0.6) is 0 Å². The van der Waals surface area contributed by atoms with E-state index < -0.39 is 0 Å². The predicted molar refractivity (Wildman–Crippen MR) is 103 cm³/mol. The molecule has 1 amide bonds. The molecule has 1 unspecified atom stereocenters. The Balaban J connectivity index is 1.86. The molecule has 3 aromatic rings. The third kappa shape index (κ3) is 3.67. The van der Waals surface area contributed by atoms with Crippen LogP contribution in [0.3, 0.4) is 0 Å². The van der Waals surface area contributed by atoms with Gasteiger partial charge in [-0.25, -0.2) is 0 Å². The number of amides is 1. The van der Waals surface area contributed by atoms with E-state index in [1.54, 1.807) is 11.1 Å². The molecule has 0 spiro atoms. The number of rotatable bonds is 6. The highest BCUT2D eigenvalue weighted by molar-refractivity contribution is 5.95. The maximum Gasteiger partial charge on any atom is 0.254 e. The van der Waals surface area contributed by atoms with Crippen molar-refractivity contribution in [2.75, 3.05) is 7.05 Å². The monoisotopic (exact) mass is 348 g/mol. The Morgan fingerprint density at radius 3 is 2.65 bits per heavy atom. The van der Waals surface area contributed by atoms with Gasteiger partial charge in [-0.05, 0) is 42.7 Å². The van der Waals surface area contributed by atoms with Crippen molar-refractivity contribution >= 4 is 5.91 Å². The van der Waals surface area contributed by atoms with Crippen molar-refractivity contribution in [1.82, 2.24) is 19.7 Å². The molecule has 134 valence electrons. The summed E-state index contributed by atoms with van der Waals surface area (Å²) in [6, 6.07) is 11.6. The number of benzene rings is 1. The van der Waals surface area contributed by atoms with Crippen LogP contribution in [0.2, 0.25) is 0 Å². The van der Waals surface area contributed by atoms with E-state index in [9.17, 15) is 4.79 Å². The first-order valence-corrected chi connectivity index (χ1v) is 8.94. The highest BCUT2D eigenvalue weighted by Gasteiger charge is 2.21. The van der Waals surface area contributed by atoms with Crippen LogP contribution < -0.4 is 0 Å². The van der Waals surface area contributed by atoms with Gasteiger partial charge in [0.25, 0.3) is 5.91 Å². The van der Waals surface area contributed by atoms with Crippen LogP contribution in [0.25, 0.3) is 11.1 Å². The fourth-order valence-electron chi connectivity index (χ4n) is 3.17. The van der Waals surface area contributed by atoms with Crippen molar-refractivity contribution in [3.05, 3.63) is 72.3 Å². The molecule has 1 aromatic carbocycles. The normalized spacial score (nSPS) is 12.0. The summed E-state index contributed by atoms with van der Waals surface area (Å²) < 4.78 is 1.88. The fourth-order valence-corrected chi connectivity index (χ4v) is 3.17. The number of carbonyl (C=O) groups is 1. The highest BCUT2D eigenvalue weighted by atomic mass is 16.2. The minimum Gasteiger partial charge on any atom is -0.335 e. The molecular formula is C21H24N4O. The van der Waals surface area contributed by atoms with E-state index in [2.05, 4.69) is 23.9 Å². The van der Waals surface area contributed by atoms with Gasteiger partial charge >= 0.3 is 0 Å². The molecule has 0 saturated carbocycles. The van der Waals surface area contributed by atoms with E-state index >= 15 is 0 Å². The van der Waals surface area contributed by atoms with Crippen LogP contribution in [0, 0.1) is 0 Å². The number of carbonyl (C=O) groups excluding carboxylic acids is 1. The number of nitrogens with zero attached hydrogens (tertiary/aromatic N) is 4. The van der Waals surface area contributed by atoms with Gasteiger partial charge in [0.15, 0.2) is 0 Å². The van der Waals surface area contributed by atoms with Gasteiger partial charge in [-0.3, -0.25) is 14.5 Å². The topological polar surface area (TPSA) is 51.0 Å². The lowest BCUT2D eigenvalue weighted by molar-refractivity contribution is 0.0726. The van der Waals surface area contributed by atoms with Crippen molar-refractivity contribution in [1.29, 1.82) is 0 Å². The summed E-state index contributed by atoms with van der Waals surface area (Å²) in [5.74, 6) is 0.00503. The fraction of sp³-hybridized carbons (Fsp3) is 0.286. The minimum absolute atomic E-state index is 0.00250. The first-order chi connectivity index (χ1) is 12.6. The van der Waals surface area contributed by atoms with Crippen LogP contribution in [0.1, 0.15) is 42.2 Å². The molecule has 0 N–H and O–H groups in total. The molecule has 5 nitrogen and oxygen atoms in total. The quantitative estimate of drug-likeness (QED) is 0.671. The van der Waals surface area contributed by atoms with E-state index in [1.807, 2.05) is 66.7 Å². The molecule has 0 saturated heterocycles. The average Bonchev–Trinajstić information content (AvgIpc) is 3.18. The molecule has 5 heteroatoms. The Morgan fingerprint density at radius 1 is 1.15 bits per heavy atom. The van der Waals surface area contributed by atoms with Crippen LogP contribution in [0.4, 0.5) is 0 Å². The lowest BCUT2D eigenvalue weighted by atomic mass is 10.0. The third-order valence-electron chi connectivity index (χ3n) is 4.64. The summed E-state index contributed by atoms with van der Waals surface area (Å²) in [6.45, 7) is 4.96. The molecule has 2 heterocycles. The van der Waals surface area contributed by atoms with Crippen molar-refractivity contribution in [2.45, 2.75) is 32.9 Å². The molecule has 0 aliphatic heterocycles. The molecule has 26 heavy (non-hydrogen) atoms. The summed E-state index contributed by atoms with van der Waals surface area (Å²) in [7, 11) is 1.85. The summed E-state index contributed by atoms with van der Waals surface area (Å²) in [4.78, 5) is 19.0. The lowest BCUT2D eigenvalue weighted by Gasteiger charge is -2.27. The summed E-state index contributed by atoms with van der Waals surface area (Å²) in [5.41, 5.74) is 3.74. The molecule has 2 aromatic heterocycles. The second-order valence-corrected chi connectivity index (χ2v) is 6.29. The largest absolute Gasteiger partial charge is 0.335 e. The number of aryl methyl sites for hydroxylation is 1. The molecule has 0 radical (unpaired) electrons. The Hall–Kier alpha value is -2.95. The van der Waals surface area contributed by atoms with Gasteiger partial charge in [-0.15, -0.1) is 0 Å². The predicted octanol–water partition coefficient (Wildman–Crippen LogP) is 4.19. The number of pyridine rings is 1. The second-order valence-electron chi connectivity index (χ2n) is 6.29. The van der Waals surface area contributed by atoms with Crippen molar-refractivity contribution in [3.63, 3.8) is 0 Å². The smallest absolute Gasteiger partial charge is 0.254 e. The Labute approximate surface area is 154 Å². The van der Waals surface area contributed by atoms with Crippen LogP contribution in [-0.2, 0) is 6.54 Å². The highest BCUT2D eigenvalue weighted by Crippen LogP contribution is 2.25. The molecule has 0 bridgehead atoms. The Kier molecular flexibility index (Phi) is 5.46. The van der Waals surface area contributed by atoms with Gasteiger partial charge in [0.05, 0.1) is 12.2 Å². The lowest BCUT2D eigenvalue weighted by Crippen LogP contribution is -2.31. The third-order valence-corrected chi connectivity index (χ3v) is 4.64. The van der Waals surface area contributed by atoms with Crippen LogP contribution in [-0.4, -0.2) is 32.6 Å². The van der Waals surface area contributed by atoms with E-state index in [-0.39, 0.29) is 11.9 Å². The molecule has 0 aliphatic rings. The van der Waals surface area contributed by atoms with Crippen molar-refractivity contribution in [3.8, 4) is 11.1 Å². The van der Waals surface area contributed by atoms with Gasteiger partial charge in [0.1, 0.15) is 0 Å². The van der Waals surface area contributed by atoms with Crippen LogP contribution in [0.15, 0.2) is 61.2 Å². The maximum absolute atomic E-state index is 13.0. The zero-order valence-electron chi connectivity index (χ0n) is 15.5. The number of hydrogen-bond donors (Lipinski definition) is 0. The first-order valence-electron chi connectivity index (χ1n) is 8.94. The van der Waals surface area contributed by atoms with E-state index in [4.69, 9.17) is 0 Å². The molecular weight excluding hydrogens is 324 g/mol.